The van der Waals surface area contributed by atoms with E-state index in [2.05, 4.69) is 0 Å². The first-order valence-electron chi connectivity index (χ1n) is 6.25. The van der Waals surface area contributed by atoms with Crippen molar-refractivity contribution in [2.45, 2.75) is 31.7 Å². The molecule has 3 unspecified atom stereocenters. The van der Waals surface area contributed by atoms with Crippen molar-refractivity contribution in [3.05, 3.63) is 29.8 Å². The second kappa shape index (κ2) is 7.84. The molecule has 6 heteroatoms. The molecule has 20 heavy (non-hydrogen) atoms. The zero-order valence-electron chi connectivity index (χ0n) is 11.5. The smallest absolute Gasteiger partial charge is 0.303 e. The van der Waals surface area contributed by atoms with Gasteiger partial charge in [0.2, 0.25) is 0 Å². The van der Waals surface area contributed by atoms with Gasteiger partial charge in [0.1, 0.15) is 11.9 Å². The molecule has 0 aliphatic heterocycles. The van der Waals surface area contributed by atoms with E-state index in [1.165, 1.54) is 6.92 Å². The van der Waals surface area contributed by atoms with E-state index in [0.717, 1.165) is 5.56 Å². The highest BCUT2D eigenvalue weighted by molar-refractivity contribution is 5.66. The number of carbonyl (C=O) groups is 1. The van der Waals surface area contributed by atoms with Gasteiger partial charge in [-0.15, -0.1) is 0 Å². The van der Waals surface area contributed by atoms with Gasteiger partial charge in [-0.2, -0.15) is 0 Å². The predicted molar refractivity (Wildman–Crippen MR) is 71.4 cm³/mol. The minimum Gasteiger partial charge on any atom is -0.497 e. The summed E-state index contributed by atoms with van der Waals surface area (Å²) in [4.78, 5) is 11.0. The Morgan fingerprint density at radius 3 is 2.25 bits per heavy atom. The molecule has 0 spiro atoms. The van der Waals surface area contributed by atoms with E-state index in [1.807, 2.05) is 0 Å². The molecule has 3 N–H and O–H groups in total. The van der Waals surface area contributed by atoms with Gasteiger partial charge >= 0.3 is 5.97 Å². The summed E-state index contributed by atoms with van der Waals surface area (Å²) in [5, 5.41) is 28.6. The van der Waals surface area contributed by atoms with Crippen LogP contribution in [0.4, 0.5) is 0 Å². The third-order valence-electron chi connectivity index (χ3n) is 2.85. The number of hydrogen-bond acceptors (Lipinski definition) is 6. The maximum Gasteiger partial charge on any atom is 0.303 e. The van der Waals surface area contributed by atoms with Crippen molar-refractivity contribution >= 4 is 5.97 Å². The molecule has 0 fully saturated rings. The summed E-state index contributed by atoms with van der Waals surface area (Å²) in [7, 11) is 1.55. The van der Waals surface area contributed by atoms with Crippen molar-refractivity contribution in [2.75, 3.05) is 13.7 Å². The molecule has 0 heterocycles. The Morgan fingerprint density at radius 1 is 1.20 bits per heavy atom. The van der Waals surface area contributed by atoms with Crippen LogP contribution in [0.5, 0.6) is 5.75 Å². The summed E-state index contributed by atoms with van der Waals surface area (Å²) >= 11 is 0. The fraction of sp³-hybridized carbons (Fsp3) is 0.500. The number of hydrogen-bond donors (Lipinski definition) is 3. The Balaban J connectivity index is 2.73. The minimum atomic E-state index is -1.33. The molecule has 1 aromatic rings. The SMILES string of the molecule is COc1ccc(CC(O)C(OC(C)=O)C(O)CO)cc1. The number of aliphatic hydroxyl groups is 3. The first kappa shape index (κ1) is 16.4. The largest absolute Gasteiger partial charge is 0.497 e. The van der Waals surface area contributed by atoms with Crippen LogP contribution in [0.2, 0.25) is 0 Å². The van der Waals surface area contributed by atoms with E-state index in [1.54, 1.807) is 31.4 Å². The molecule has 0 aliphatic carbocycles. The molecule has 0 saturated heterocycles. The maximum absolute atomic E-state index is 11.0. The molecule has 112 valence electrons. The monoisotopic (exact) mass is 284 g/mol. The Kier molecular flexibility index (Phi) is 6.44. The van der Waals surface area contributed by atoms with Crippen LogP contribution in [0.1, 0.15) is 12.5 Å². The Hall–Kier alpha value is -1.63. The normalized spacial score (nSPS) is 15.2. The van der Waals surface area contributed by atoms with Crippen LogP contribution in [0.3, 0.4) is 0 Å². The van der Waals surface area contributed by atoms with Gasteiger partial charge in [0.15, 0.2) is 6.10 Å². The molecule has 0 amide bonds. The molecule has 0 aromatic heterocycles. The van der Waals surface area contributed by atoms with Crippen LogP contribution in [0, 0.1) is 0 Å². The molecule has 0 bridgehead atoms. The predicted octanol–water partition coefficient (Wildman–Crippen LogP) is -0.117. The first-order valence-corrected chi connectivity index (χ1v) is 6.25. The van der Waals surface area contributed by atoms with Crippen molar-refractivity contribution in [1.82, 2.24) is 0 Å². The highest BCUT2D eigenvalue weighted by atomic mass is 16.6. The topological polar surface area (TPSA) is 96.2 Å². The van der Waals surface area contributed by atoms with Gasteiger partial charge in [0, 0.05) is 13.3 Å². The van der Waals surface area contributed by atoms with Crippen LogP contribution in [0.15, 0.2) is 24.3 Å². The van der Waals surface area contributed by atoms with E-state index >= 15 is 0 Å². The van der Waals surface area contributed by atoms with Gasteiger partial charge in [-0.1, -0.05) is 12.1 Å². The molecular formula is C14H20O6. The van der Waals surface area contributed by atoms with Crippen LogP contribution < -0.4 is 4.74 Å². The third-order valence-corrected chi connectivity index (χ3v) is 2.85. The number of methoxy groups -OCH3 is 1. The summed E-state index contributed by atoms with van der Waals surface area (Å²) in [5.74, 6) is 0.0615. The summed E-state index contributed by atoms with van der Waals surface area (Å²) < 4.78 is 9.88. The van der Waals surface area contributed by atoms with Crippen LogP contribution in [-0.4, -0.2) is 53.3 Å². The van der Waals surface area contributed by atoms with Gasteiger partial charge in [0.05, 0.1) is 19.8 Å². The lowest BCUT2D eigenvalue weighted by Gasteiger charge is -2.26. The molecule has 0 radical (unpaired) electrons. The fourth-order valence-electron chi connectivity index (χ4n) is 1.83. The molecule has 0 aliphatic rings. The van der Waals surface area contributed by atoms with Gasteiger partial charge < -0.3 is 24.8 Å². The number of ether oxygens (including phenoxy) is 2. The standard InChI is InChI=1S/C14H20O6/c1-9(16)20-14(13(18)8-15)12(17)7-10-3-5-11(19-2)6-4-10/h3-6,12-15,17-18H,7-8H2,1-2H3. The second-order valence-electron chi connectivity index (χ2n) is 4.44. The third kappa shape index (κ3) is 4.80. The average Bonchev–Trinajstić information content (AvgIpc) is 2.44. The number of aliphatic hydroxyl groups excluding tert-OH is 3. The highest BCUT2D eigenvalue weighted by Crippen LogP contribution is 2.16. The lowest BCUT2D eigenvalue weighted by Crippen LogP contribution is -2.43. The number of carbonyl (C=O) groups excluding carboxylic acids is 1. The Morgan fingerprint density at radius 2 is 1.80 bits per heavy atom. The molecule has 3 atom stereocenters. The molecule has 0 saturated carbocycles. The van der Waals surface area contributed by atoms with Crippen molar-refractivity contribution in [3.8, 4) is 5.75 Å². The van der Waals surface area contributed by atoms with Gasteiger partial charge in [0.25, 0.3) is 0 Å². The van der Waals surface area contributed by atoms with Crippen molar-refractivity contribution in [2.24, 2.45) is 0 Å². The Labute approximate surface area is 117 Å². The van der Waals surface area contributed by atoms with E-state index in [-0.39, 0.29) is 6.42 Å². The van der Waals surface area contributed by atoms with Crippen LogP contribution in [0.25, 0.3) is 0 Å². The summed E-state index contributed by atoms with van der Waals surface area (Å²) in [6.45, 7) is 0.578. The summed E-state index contributed by atoms with van der Waals surface area (Å²) in [6.07, 6.45) is -3.43. The number of rotatable bonds is 7. The van der Waals surface area contributed by atoms with Crippen LogP contribution >= 0.6 is 0 Å². The minimum absolute atomic E-state index is 0.180. The molecular weight excluding hydrogens is 264 g/mol. The zero-order valence-corrected chi connectivity index (χ0v) is 11.5. The fourth-order valence-corrected chi connectivity index (χ4v) is 1.83. The average molecular weight is 284 g/mol. The second-order valence-corrected chi connectivity index (χ2v) is 4.44. The van der Waals surface area contributed by atoms with E-state index < -0.39 is 30.9 Å². The molecule has 6 nitrogen and oxygen atoms in total. The summed E-state index contributed by atoms with van der Waals surface area (Å²) in [6, 6.07) is 7.01. The van der Waals surface area contributed by atoms with Crippen LogP contribution in [-0.2, 0) is 16.0 Å². The molecule has 1 aromatic carbocycles. The van der Waals surface area contributed by atoms with E-state index in [9.17, 15) is 15.0 Å². The van der Waals surface area contributed by atoms with Crippen molar-refractivity contribution < 1.29 is 29.6 Å². The highest BCUT2D eigenvalue weighted by Gasteiger charge is 2.29. The number of esters is 1. The van der Waals surface area contributed by atoms with E-state index in [0.29, 0.717) is 5.75 Å². The van der Waals surface area contributed by atoms with Crippen molar-refractivity contribution in [1.29, 1.82) is 0 Å². The van der Waals surface area contributed by atoms with Gasteiger partial charge in [-0.25, -0.2) is 0 Å². The number of benzene rings is 1. The Bertz CT molecular complexity index is 416. The van der Waals surface area contributed by atoms with Gasteiger partial charge in [-0.05, 0) is 17.7 Å². The summed E-state index contributed by atoms with van der Waals surface area (Å²) in [5.41, 5.74) is 0.792. The first-order chi connectivity index (χ1) is 9.47. The lowest BCUT2D eigenvalue weighted by molar-refractivity contribution is -0.164. The van der Waals surface area contributed by atoms with E-state index in [4.69, 9.17) is 14.6 Å². The lowest BCUT2D eigenvalue weighted by atomic mass is 10.0. The molecule has 1 rings (SSSR count). The quantitative estimate of drug-likeness (QED) is 0.604. The van der Waals surface area contributed by atoms with Crippen molar-refractivity contribution in [3.63, 3.8) is 0 Å². The maximum atomic E-state index is 11.0. The zero-order chi connectivity index (χ0) is 15.1. The van der Waals surface area contributed by atoms with Gasteiger partial charge in [-0.3, -0.25) is 4.79 Å².